The zero-order valence-electron chi connectivity index (χ0n) is 17.3. The number of pyridine rings is 1. The number of nitrogens with zero attached hydrogens (tertiary/aromatic N) is 3. The molecular weight excluding hydrogens is 445 g/mol. The molecule has 0 radical (unpaired) electrons. The number of amides is 1. The summed E-state index contributed by atoms with van der Waals surface area (Å²) in [5.74, 6) is -0.611. The Morgan fingerprint density at radius 3 is 2.85 bits per heavy atom. The van der Waals surface area contributed by atoms with Gasteiger partial charge in [0.25, 0.3) is 5.91 Å². The van der Waals surface area contributed by atoms with Crippen LogP contribution >= 0.6 is 0 Å². The third kappa shape index (κ3) is 5.38. The van der Waals surface area contributed by atoms with Crippen LogP contribution in [0.5, 0.6) is 0 Å². The van der Waals surface area contributed by atoms with Crippen molar-refractivity contribution in [3.63, 3.8) is 0 Å². The molecule has 0 aromatic carbocycles. The summed E-state index contributed by atoms with van der Waals surface area (Å²) in [6.07, 6.45) is -4.46. The molecule has 5 N–H and O–H groups in total. The predicted octanol–water partition coefficient (Wildman–Crippen LogP) is -0.133. The highest BCUT2D eigenvalue weighted by Gasteiger charge is 2.39. The van der Waals surface area contributed by atoms with E-state index in [0.29, 0.717) is 18.3 Å². The lowest BCUT2D eigenvalue weighted by molar-refractivity contribution is -0.141. The smallest absolute Gasteiger partial charge is 0.388 e. The van der Waals surface area contributed by atoms with Crippen LogP contribution in [0.2, 0.25) is 0 Å². The first-order valence-electron chi connectivity index (χ1n) is 10.3. The van der Waals surface area contributed by atoms with Crippen LogP contribution in [0.15, 0.2) is 24.7 Å². The maximum atomic E-state index is 12.8. The molecular formula is C20H23F3N6O4. The molecule has 0 saturated carbocycles. The molecule has 0 aliphatic carbocycles. The van der Waals surface area contributed by atoms with Gasteiger partial charge in [0, 0.05) is 19.3 Å². The Morgan fingerprint density at radius 1 is 1.24 bits per heavy atom. The quantitative estimate of drug-likeness (QED) is 0.406. The maximum absolute atomic E-state index is 12.8. The molecule has 13 heteroatoms. The summed E-state index contributed by atoms with van der Waals surface area (Å²) in [7, 11) is 0. The van der Waals surface area contributed by atoms with Gasteiger partial charge >= 0.3 is 6.18 Å². The minimum absolute atomic E-state index is 0.0776. The molecule has 1 saturated heterocycles. The molecule has 2 aliphatic rings. The van der Waals surface area contributed by atoms with Crippen molar-refractivity contribution in [1.29, 1.82) is 0 Å². The van der Waals surface area contributed by atoms with E-state index in [1.165, 1.54) is 6.20 Å². The molecule has 178 valence electrons. The molecule has 0 spiro atoms. The summed E-state index contributed by atoms with van der Waals surface area (Å²) in [4.78, 5) is 23.7. The molecule has 2 aromatic rings. The monoisotopic (exact) mass is 468 g/mol. The standard InChI is InChI=1S/C20H23F3N6O4/c21-20(22,23)15-7-25-8-16(29-15)28-13-9-33-14(18(31)17(13)30)6-27-19(32)11-3-10-1-2-24-5-12(10)26-4-11/h3-4,7-8,13-14,17-18,24,30-31H,1-2,5-6,9H2,(H,27,32)(H,28,29)/t13-,14+,17+,18-/m0/s1. The van der Waals surface area contributed by atoms with E-state index in [9.17, 15) is 28.2 Å². The summed E-state index contributed by atoms with van der Waals surface area (Å²) in [5, 5.41) is 29.3. The van der Waals surface area contributed by atoms with Gasteiger partial charge in [0.15, 0.2) is 5.69 Å². The number of hydrogen-bond acceptors (Lipinski definition) is 9. The Hall–Kier alpha value is -2.87. The number of carbonyl (C=O) groups excluding carboxylic acids is 1. The fraction of sp³-hybridized carbons (Fsp3) is 0.500. The number of aromatic nitrogens is 3. The number of fused-ring (bicyclic) bond motifs is 1. The van der Waals surface area contributed by atoms with E-state index in [2.05, 4.69) is 30.9 Å². The molecule has 2 aliphatic heterocycles. The Morgan fingerprint density at radius 2 is 2.06 bits per heavy atom. The molecule has 1 fully saturated rings. The number of ether oxygens (including phenoxy) is 1. The van der Waals surface area contributed by atoms with Crippen molar-refractivity contribution < 1.29 is 32.9 Å². The number of hydrogen-bond donors (Lipinski definition) is 5. The van der Waals surface area contributed by atoms with Crippen LogP contribution in [0.4, 0.5) is 19.0 Å². The van der Waals surface area contributed by atoms with Gasteiger partial charge in [0.2, 0.25) is 0 Å². The topological polar surface area (TPSA) is 142 Å². The van der Waals surface area contributed by atoms with Crippen molar-refractivity contribution >= 4 is 11.7 Å². The summed E-state index contributed by atoms with van der Waals surface area (Å²) in [6, 6.07) is 0.852. The Bertz CT molecular complexity index is 1010. The number of aliphatic hydroxyl groups excluding tert-OH is 2. The zero-order valence-corrected chi connectivity index (χ0v) is 17.3. The van der Waals surface area contributed by atoms with Crippen LogP contribution in [-0.4, -0.2) is 75.1 Å². The van der Waals surface area contributed by atoms with Crippen molar-refractivity contribution in [1.82, 2.24) is 25.6 Å². The summed E-state index contributed by atoms with van der Waals surface area (Å²) < 4.78 is 44.0. The van der Waals surface area contributed by atoms with E-state index in [1.807, 2.05) is 0 Å². The lowest BCUT2D eigenvalue weighted by atomic mass is 9.97. The highest BCUT2D eigenvalue weighted by atomic mass is 19.4. The normalized spacial score (nSPS) is 25.2. The van der Waals surface area contributed by atoms with Crippen LogP contribution in [0, 0.1) is 0 Å². The van der Waals surface area contributed by atoms with Crippen molar-refractivity contribution in [2.45, 2.75) is 43.5 Å². The van der Waals surface area contributed by atoms with E-state index < -0.39 is 42.1 Å². The molecule has 4 rings (SSSR count). The van der Waals surface area contributed by atoms with E-state index in [0.717, 1.165) is 30.4 Å². The fourth-order valence-electron chi connectivity index (χ4n) is 3.71. The van der Waals surface area contributed by atoms with Crippen molar-refractivity contribution in [2.75, 3.05) is 25.0 Å². The number of alkyl halides is 3. The zero-order chi connectivity index (χ0) is 23.6. The lowest BCUT2D eigenvalue weighted by Crippen LogP contribution is -2.58. The predicted molar refractivity (Wildman–Crippen MR) is 108 cm³/mol. The average molecular weight is 468 g/mol. The second-order valence-corrected chi connectivity index (χ2v) is 7.86. The molecule has 1 amide bonds. The Balaban J connectivity index is 1.32. The first-order valence-corrected chi connectivity index (χ1v) is 10.3. The lowest BCUT2D eigenvalue weighted by Gasteiger charge is -2.38. The fourth-order valence-corrected chi connectivity index (χ4v) is 3.71. The van der Waals surface area contributed by atoms with Crippen LogP contribution in [0.1, 0.15) is 27.3 Å². The Kier molecular flexibility index (Phi) is 6.74. The van der Waals surface area contributed by atoms with Gasteiger partial charge in [-0.25, -0.2) is 4.98 Å². The first kappa shape index (κ1) is 23.3. The largest absolute Gasteiger partial charge is 0.434 e. The van der Waals surface area contributed by atoms with Gasteiger partial charge in [-0.15, -0.1) is 0 Å². The number of carbonyl (C=O) groups is 1. The Labute approximate surface area is 186 Å². The number of aliphatic hydroxyl groups is 2. The minimum atomic E-state index is -4.67. The molecule has 4 heterocycles. The van der Waals surface area contributed by atoms with Crippen LogP contribution in [-0.2, 0) is 23.9 Å². The SMILES string of the molecule is O=C(NC[C@H]1OC[C@H](Nc2cncc(C(F)(F)F)n2)[C@@H](O)[C@H]1O)c1cnc2c(c1)CCNC2. The van der Waals surface area contributed by atoms with Crippen LogP contribution in [0.25, 0.3) is 0 Å². The molecule has 33 heavy (non-hydrogen) atoms. The van der Waals surface area contributed by atoms with Crippen molar-refractivity contribution in [3.05, 3.63) is 47.2 Å². The van der Waals surface area contributed by atoms with Gasteiger partial charge in [0.05, 0.1) is 36.3 Å². The average Bonchev–Trinajstić information content (AvgIpc) is 2.80. The summed E-state index contributed by atoms with van der Waals surface area (Å²) >= 11 is 0. The summed E-state index contributed by atoms with van der Waals surface area (Å²) in [6.45, 7) is 1.25. The highest BCUT2D eigenvalue weighted by molar-refractivity contribution is 5.94. The highest BCUT2D eigenvalue weighted by Crippen LogP contribution is 2.28. The third-order valence-corrected chi connectivity index (χ3v) is 5.54. The van der Waals surface area contributed by atoms with Crippen LogP contribution < -0.4 is 16.0 Å². The van der Waals surface area contributed by atoms with E-state index in [4.69, 9.17) is 4.74 Å². The molecule has 0 bridgehead atoms. The number of anilines is 1. The molecule has 2 aromatic heterocycles. The second-order valence-electron chi connectivity index (χ2n) is 7.86. The van der Waals surface area contributed by atoms with Gasteiger partial charge < -0.3 is 30.9 Å². The van der Waals surface area contributed by atoms with E-state index in [1.54, 1.807) is 6.07 Å². The first-order chi connectivity index (χ1) is 15.7. The van der Waals surface area contributed by atoms with Crippen molar-refractivity contribution in [2.24, 2.45) is 0 Å². The molecule has 4 atom stereocenters. The minimum Gasteiger partial charge on any atom is -0.388 e. The van der Waals surface area contributed by atoms with Gasteiger partial charge in [-0.1, -0.05) is 0 Å². The van der Waals surface area contributed by atoms with E-state index in [-0.39, 0.29) is 19.0 Å². The van der Waals surface area contributed by atoms with Gasteiger partial charge in [-0.05, 0) is 24.6 Å². The third-order valence-electron chi connectivity index (χ3n) is 5.54. The number of rotatable bonds is 5. The van der Waals surface area contributed by atoms with Crippen molar-refractivity contribution in [3.8, 4) is 0 Å². The van der Waals surface area contributed by atoms with Crippen LogP contribution in [0.3, 0.4) is 0 Å². The summed E-state index contributed by atoms with van der Waals surface area (Å²) in [5.41, 5.74) is 1.09. The molecule has 10 nitrogen and oxygen atoms in total. The number of nitrogens with one attached hydrogen (secondary N) is 3. The molecule has 0 unspecified atom stereocenters. The van der Waals surface area contributed by atoms with Gasteiger partial charge in [-0.3, -0.25) is 14.8 Å². The van der Waals surface area contributed by atoms with E-state index >= 15 is 0 Å². The number of halogens is 3. The maximum Gasteiger partial charge on any atom is 0.434 e. The van der Waals surface area contributed by atoms with Gasteiger partial charge in [-0.2, -0.15) is 13.2 Å². The second kappa shape index (κ2) is 9.55. The van der Waals surface area contributed by atoms with Gasteiger partial charge in [0.1, 0.15) is 24.1 Å².